The lowest BCUT2D eigenvalue weighted by Crippen LogP contribution is -2.48. The number of nitrogens with one attached hydrogen (secondary N) is 1. The molecule has 9 heteroatoms. The Morgan fingerprint density at radius 3 is 2.32 bits per heavy atom. The molecule has 1 N–H and O–H groups in total. The maximum atomic E-state index is 12.8. The van der Waals surface area contributed by atoms with Crippen LogP contribution in [0.2, 0.25) is 0 Å². The minimum absolute atomic E-state index is 0.0964. The van der Waals surface area contributed by atoms with E-state index in [1.54, 1.807) is 0 Å². The molecule has 1 amide bonds. The summed E-state index contributed by atoms with van der Waals surface area (Å²) in [6, 6.07) is 5.52. The zero-order chi connectivity index (χ0) is 20.9. The number of nitrogens with zero attached hydrogens (tertiary/aromatic N) is 1. The first-order valence-electron chi connectivity index (χ1n) is 9.39. The van der Waals surface area contributed by atoms with E-state index >= 15 is 0 Å². The largest absolute Gasteiger partial charge is 0.449 e. The molecule has 0 bridgehead atoms. The van der Waals surface area contributed by atoms with Crippen molar-refractivity contribution in [3.63, 3.8) is 0 Å². The molecule has 1 aromatic carbocycles. The molecule has 1 saturated heterocycles. The van der Waals surface area contributed by atoms with Gasteiger partial charge in [-0.05, 0) is 51.5 Å². The second-order valence-corrected chi connectivity index (χ2v) is 8.88. The summed E-state index contributed by atoms with van der Waals surface area (Å²) in [6.45, 7) is 8.13. The highest BCUT2D eigenvalue weighted by Crippen LogP contribution is 2.21. The quantitative estimate of drug-likeness (QED) is 0.682. The number of hydrogen-bond donors (Lipinski definition) is 1. The van der Waals surface area contributed by atoms with Gasteiger partial charge < -0.3 is 14.8 Å². The van der Waals surface area contributed by atoms with Crippen LogP contribution in [-0.2, 0) is 24.3 Å². The second-order valence-electron chi connectivity index (χ2n) is 6.94. The molecule has 1 aliphatic heterocycles. The molecule has 0 radical (unpaired) electrons. The number of carbonyl (C=O) groups excluding carboxylic acids is 2. The Hall–Kier alpha value is -1.97. The fourth-order valence-corrected chi connectivity index (χ4v) is 4.50. The van der Waals surface area contributed by atoms with Gasteiger partial charge in [-0.15, -0.1) is 0 Å². The normalized spacial score (nSPS) is 21.7. The maximum absolute atomic E-state index is 12.8. The number of carbonyl (C=O) groups is 2. The van der Waals surface area contributed by atoms with Crippen LogP contribution in [0.3, 0.4) is 0 Å². The van der Waals surface area contributed by atoms with Crippen LogP contribution in [0.15, 0.2) is 29.2 Å². The first kappa shape index (κ1) is 22.3. The smallest absolute Gasteiger partial charge is 0.338 e. The lowest BCUT2D eigenvalue weighted by atomic mass is 10.2. The highest BCUT2D eigenvalue weighted by atomic mass is 32.2. The Morgan fingerprint density at radius 2 is 1.79 bits per heavy atom. The Bertz CT molecular complexity index is 783. The van der Waals surface area contributed by atoms with Crippen LogP contribution < -0.4 is 5.32 Å². The van der Waals surface area contributed by atoms with Gasteiger partial charge in [0.25, 0.3) is 5.91 Å². The summed E-state index contributed by atoms with van der Waals surface area (Å²) >= 11 is 0. The van der Waals surface area contributed by atoms with Gasteiger partial charge in [-0.2, -0.15) is 4.31 Å². The molecule has 0 spiro atoms. The van der Waals surface area contributed by atoms with Crippen molar-refractivity contribution in [2.75, 3.05) is 19.6 Å². The minimum Gasteiger partial charge on any atom is -0.449 e. The number of sulfonamides is 1. The van der Waals surface area contributed by atoms with Gasteiger partial charge in [0.1, 0.15) is 0 Å². The Kier molecular flexibility index (Phi) is 7.56. The number of amides is 1. The van der Waals surface area contributed by atoms with Crippen molar-refractivity contribution >= 4 is 21.9 Å². The number of rotatable bonds is 7. The Balaban J connectivity index is 2.06. The predicted octanol–water partition coefficient (Wildman–Crippen LogP) is 1.56. The molecule has 1 aromatic rings. The van der Waals surface area contributed by atoms with Crippen molar-refractivity contribution in [1.29, 1.82) is 0 Å². The molecule has 28 heavy (non-hydrogen) atoms. The van der Waals surface area contributed by atoms with E-state index in [9.17, 15) is 18.0 Å². The number of esters is 1. The Morgan fingerprint density at radius 1 is 1.21 bits per heavy atom. The number of hydrogen-bond acceptors (Lipinski definition) is 6. The molecule has 1 heterocycles. The molecule has 1 fully saturated rings. The molecule has 0 unspecified atom stereocenters. The van der Waals surface area contributed by atoms with E-state index in [1.807, 2.05) is 20.8 Å². The third-order valence-electron chi connectivity index (χ3n) is 4.32. The van der Waals surface area contributed by atoms with Crippen molar-refractivity contribution in [2.45, 2.75) is 57.3 Å². The molecule has 8 nitrogen and oxygen atoms in total. The van der Waals surface area contributed by atoms with Gasteiger partial charge in [-0.1, -0.05) is 6.92 Å². The predicted molar refractivity (Wildman–Crippen MR) is 103 cm³/mol. The van der Waals surface area contributed by atoms with Crippen LogP contribution in [0.5, 0.6) is 0 Å². The zero-order valence-electron chi connectivity index (χ0n) is 16.7. The van der Waals surface area contributed by atoms with Gasteiger partial charge in [0, 0.05) is 19.6 Å². The van der Waals surface area contributed by atoms with E-state index in [1.165, 1.54) is 35.5 Å². The first-order valence-corrected chi connectivity index (χ1v) is 10.8. The van der Waals surface area contributed by atoms with Crippen molar-refractivity contribution in [3.05, 3.63) is 29.8 Å². The summed E-state index contributed by atoms with van der Waals surface area (Å²) in [7, 11) is -3.68. The van der Waals surface area contributed by atoms with E-state index in [-0.39, 0.29) is 41.7 Å². The van der Waals surface area contributed by atoms with Gasteiger partial charge in [0.2, 0.25) is 10.0 Å². The van der Waals surface area contributed by atoms with Gasteiger partial charge in [-0.25, -0.2) is 13.2 Å². The monoisotopic (exact) mass is 412 g/mol. The van der Waals surface area contributed by atoms with Gasteiger partial charge in [0.05, 0.1) is 22.7 Å². The summed E-state index contributed by atoms with van der Waals surface area (Å²) in [4.78, 5) is 24.1. The van der Waals surface area contributed by atoms with E-state index in [0.29, 0.717) is 6.54 Å². The van der Waals surface area contributed by atoms with Crippen molar-refractivity contribution in [2.24, 2.45) is 0 Å². The summed E-state index contributed by atoms with van der Waals surface area (Å²) < 4.78 is 37.8. The molecule has 156 valence electrons. The third kappa shape index (κ3) is 5.52. The highest BCUT2D eigenvalue weighted by molar-refractivity contribution is 7.89. The summed E-state index contributed by atoms with van der Waals surface area (Å²) in [5.74, 6) is -1.05. The van der Waals surface area contributed by atoms with Gasteiger partial charge in [0.15, 0.2) is 6.10 Å². The average molecular weight is 413 g/mol. The summed E-state index contributed by atoms with van der Waals surface area (Å²) in [6.07, 6.45) is -0.525. The first-order chi connectivity index (χ1) is 13.1. The van der Waals surface area contributed by atoms with E-state index in [0.717, 1.165) is 6.42 Å². The van der Waals surface area contributed by atoms with E-state index < -0.39 is 22.1 Å². The molecular weight excluding hydrogens is 384 g/mol. The topological polar surface area (TPSA) is 102 Å². The minimum atomic E-state index is -3.68. The fourth-order valence-electron chi connectivity index (χ4n) is 2.91. The van der Waals surface area contributed by atoms with Gasteiger partial charge in [-0.3, -0.25) is 4.79 Å². The Labute approximate surface area is 166 Å². The van der Waals surface area contributed by atoms with Crippen molar-refractivity contribution in [1.82, 2.24) is 9.62 Å². The fraction of sp³-hybridized carbons (Fsp3) is 0.579. The second kappa shape index (κ2) is 9.49. The number of ether oxygens (including phenoxy) is 2. The van der Waals surface area contributed by atoms with Crippen LogP contribution in [-0.4, -0.2) is 62.5 Å². The van der Waals surface area contributed by atoms with Crippen LogP contribution in [0, 0.1) is 0 Å². The molecule has 0 aliphatic carbocycles. The van der Waals surface area contributed by atoms with Gasteiger partial charge >= 0.3 is 5.97 Å². The third-order valence-corrected chi connectivity index (χ3v) is 6.16. The molecule has 3 atom stereocenters. The number of morpholine rings is 1. The van der Waals surface area contributed by atoms with Crippen LogP contribution in [0.1, 0.15) is 44.5 Å². The summed E-state index contributed by atoms with van der Waals surface area (Å²) in [5.41, 5.74) is 0.179. The van der Waals surface area contributed by atoms with Crippen molar-refractivity contribution < 1.29 is 27.5 Å². The standard InChI is InChI=1S/C19H28N2O6S/c1-5-10-20-18(22)15(4)27-19(23)16-6-8-17(9-7-16)28(24,25)21-11-13(2)26-14(3)12-21/h6-9,13-15H,5,10-12H2,1-4H3,(H,20,22)/t13-,14+,15-/m0/s1. The molecule has 2 rings (SSSR count). The summed E-state index contributed by atoms with van der Waals surface area (Å²) in [5, 5.41) is 2.65. The number of benzene rings is 1. The lowest BCUT2D eigenvalue weighted by molar-refractivity contribution is -0.129. The van der Waals surface area contributed by atoms with Crippen LogP contribution >= 0.6 is 0 Å². The molecule has 0 aromatic heterocycles. The maximum Gasteiger partial charge on any atom is 0.338 e. The lowest BCUT2D eigenvalue weighted by Gasteiger charge is -2.34. The molecule has 1 aliphatic rings. The molecular formula is C19H28N2O6S. The SMILES string of the molecule is CCCNC(=O)[C@H](C)OC(=O)c1ccc(S(=O)(=O)N2C[C@@H](C)O[C@@H](C)C2)cc1. The van der Waals surface area contributed by atoms with E-state index in [4.69, 9.17) is 9.47 Å². The molecule has 0 saturated carbocycles. The van der Waals surface area contributed by atoms with E-state index in [2.05, 4.69) is 5.32 Å². The van der Waals surface area contributed by atoms with Crippen LogP contribution in [0.4, 0.5) is 0 Å². The van der Waals surface area contributed by atoms with Crippen molar-refractivity contribution in [3.8, 4) is 0 Å². The van der Waals surface area contributed by atoms with Crippen LogP contribution in [0.25, 0.3) is 0 Å². The zero-order valence-corrected chi connectivity index (χ0v) is 17.5. The average Bonchev–Trinajstić information content (AvgIpc) is 2.65. The highest BCUT2D eigenvalue weighted by Gasteiger charge is 2.32.